The van der Waals surface area contributed by atoms with Crippen LogP contribution < -0.4 is 0 Å². The minimum atomic E-state index is 0.250. The second-order valence-electron chi connectivity index (χ2n) is 2.53. The maximum atomic E-state index is 5.18. The van der Waals surface area contributed by atoms with Crippen molar-refractivity contribution in [3.8, 4) is 0 Å². The Balaban J connectivity index is 3.27. The van der Waals surface area contributed by atoms with Crippen LogP contribution in [-0.2, 0) is 9.47 Å². The first-order valence-corrected chi connectivity index (χ1v) is 3.97. The molecule has 0 aromatic carbocycles. The first kappa shape index (κ1) is 10.7. The molecule has 0 spiro atoms. The first-order valence-electron chi connectivity index (χ1n) is 3.97. The molecule has 0 N–H and O–H groups in total. The van der Waals surface area contributed by atoms with Crippen molar-refractivity contribution in [3.05, 3.63) is 12.7 Å². The first-order chi connectivity index (χ1) is 5.35. The van der Waals surface area contributed by atoms with Crippen LogP contribution in [0.2, 0.25) is 0 Å². The van der Waals surface area contributed by atoms with Gasteiger partial charge in [0.05, 0.1) is 12.7 Å². The number of hydrogen-bond acceptors (Lipinski definition) is 2. The molecule has 0 aliphatic rings. The molecule has 0 saturated carbocycles. The zero-order valence-electron chi connectivity index (χ0n) is 7.51. The van der Waals surface area contributed by atoms with Gasteiger partial charge in [0.1, 0.15) is 0 Å². The zero-order chi connectivity index (χ0) is 8.53. The largest absolute Gasteiger partial charge is 0.382 e. The average Bonchev–Trinajstić information content (AvgIpc) is 2.03. The molecule has 0 bridgehead atoms. The van der Waals surface area contributed by atoms with Crippen LogP contribution in [0.25, 0.3) is 0 Å². The lowest BCUT2D eigenvalue weighted by Crippen LogP contribution is -2.16. The van der Waals surface area contributed by atoms with Gasteiger partial charge >= 0.3 is 0 Å². The van der Waals surface area contributed by atoms with E-state index in [-0.39, 0.29) is 6.10 Å². The molecule has 0 fully saturated rings. The van der Waals surface area contributed by atoms with Gasteiger partial charge in [0.25, 0.3) is 0 Å². The van der Waals surface area contributed by atoms with E-state index in [9.17, 15) is 0 Å². The van der Waals surface area contributed by atoms with E-state index in [1.54, 1.807) is 14.2 Å². The van der Waals surface area contributed by atoms with Gasteiger partial charge in [-0.25, -0.2) is 0 Å². The van der Waals surface area contributed by atoms with E-state index >= 15 is 0 Å². The summed E-state index contributed by atoms with van der Waals surface area (Å²) >= 11 is 0. The topological polar surface area (TPSA) is 18.5 Å². The highest BCUT2D eigenvalue weighted by atomic mass is 16.5. The lowest BCUT2D eigenvalue weighted by Gasteiger charge is -2.12. The molecule has 1 unspecified atom stereocenters. The maximum absolute atomic E-state index is 5.18. The van der Waals surface area contributed by atoms with Crippen LogP contribution in [0.5, 0.6) is 0 Å². The van der Waals surface area contributed by atoms with Gasteiger partial charge in [0.15, 0.2) is 0 Å². The Morgan fingerprint density at radius 2 is 2.18 bits per heavy atom. The lowest BCUT2D eigenvalue weighted by molar-refractivity contribution is 0.0226. The molecule has 2 nitrogen and oxygen atoms in total. The molecular weight excluding hydrogens is 140 g/mol. The number of allylic oxidation sites excluding steroid dienone is 1. The summed E-state index contributed by atoms with van der Waals surface area (Å²) in [4.78, 5) is 0. The van der Waals surface area contributed by atoms with Crippen molar-refractivity contribution >= 4 is 0 Å². The highest BCUT2D eigenvalue weighted by Crippen LogP contribution is 2.04. The van der Waals surface area contributed by atoms with Gasteiger partial charge in [-0.15, -0.1) is 6.58 Å². The summed E-state index contributed by atoms with van der Waals surface area (Å²) in [5, 5.41) is 0. The standard InChI is InChI=1S/C9H18O2/c1-4-5-6-7-9(11-3)8-10-2/h4,9H,1,5-8H2,2-3H3. The number of methoxy groups -OCH3 is 2. The fourth-order valence-electron chi connectivity index (χ4n) is 0.945. The van der Waals surface area contributed by atoms with Gasteiger partial charge in [-0.2, -0.15) is 0 Å². The molecule has 0 radical (unpaired) electrons. The SMILES string of the molecule is C=CCCCC(COC)OC. The summed E-state index contributed by atoms with van der Waals surface area (Å²) in [6.07, 6.45) is 5.42. The van der Waals surface area contributed by atoms with Crippen LogP contribution in [0.1, 0.15) is 19.3 Å². The summed E-state index contributed by atoms with van der Waals surface area (Å²) < 4.78 is 10.2. The molecule has 0 heterocycles. The van der Waals surface area contributed by atoms with Crippen molar-refractivity contribution in [3.63, 3.8) is 0 Å². The number of ether oxygens (including phenoxy) is 2. The van der Waals surface area contributed by atoms with Gasteiger partial charge in [0.2, 0.25) is 0 Å². The maximum Gasteiger partial charge on any atom is 0.0804 e. The van der Waals surface area contributed by atoms with Crippen molar-refractivity contribution < 1.29 is 9.47 Å². The normalized spacial score (nSPS) is 12.9. The van der Waals surface area contributed by atoms with E-state index in [0.717, 1.165) is 19.3 Å². The third-order valence-corrected chi connectivity index (χ3v) is 1.62. The monoisotopic (exact) mass is 158 g/mol. The fraction of sp³-hybridized carbons (Fsp3) is 0.778. The predicted octanol–water partition coefficient (Wildman–Crippen LogP) is 2.00. The third-order valence-electron chi connectivity index (χ3n) is 1.62. The van der Waals surface area contributed by atoms with E-state index in [4.69, 9.17) is 9.47 Å². The van der Waals surface area contributed by atoms with Crippen LogP contribution in [0.15, 0.2) is 12.7 Å². The molecular formula is C9H18O2. The molecule has 0 aromatic rings. The molecule has 0 aromatic heterocycles. The van der Waals surface area contributed by atoms with Crippen molar-refractivity contribution in [2.45, 2.75) is 25.4 Å². The Bertz CT molecular complexity index is 91.6. The molecule has 0 aliphatic carbocycles. The number of hydrogen-bond donors (Lipinski definition) is 0. The van der Waals surface area contributed by atoms with Gasteiger partial charge < -0.3 is 9.47 Å². The van der Waals surface area contributed by atoms with Gasteiger partial charge in [-0.1, -0.05) is 6.08 Å². The predicted molar refractivity (Wildman–Crippen MR) is 46.7 cm³/mol. The molecule has 1 atom stereocenters. The number of rotatable bonds is 7. The van der Waals surface area contributed by atoms with Crippen LogP contribution in [0.3, 0.4) is 0 Å². The molecule has 0 amide bonds. The second kappa shape index (κ2) is 7.76. The van der Waals surface area contributed by atoms with Crippen LogP contribution in [-0.4, -0.2) is 26.9 Å². The van der Waals surface area contributed by atoms with Gasteiger partial charge in [-0.3, -0.25) is 0 Å². The van der Waals surface area contributed by atoms with Crippen molar-refractivity contribution in [1.29, 1.82) is 0 Å². The molecule has 0 rings (SSSR count). The van der Waals surface area contributed by atoms with Crippen molar-refractivity contribution in [2.24, 2.45) is 0 Å². The molecule has 11 heavy (non-hydrogen) atoms. The summed E-state index contributed by atoms with van der Waals surface area (Å²) in [5.74, 6) is 0. The lowest BCUT2D eigenvalue weighted by atomic mass is 10.1. The van der Waals surface area contributed by atoms with E-state index in [1.165, 1.54) is 0 Å². The highest BCUT2D eigenvalue weighted by Gasteiger charge is 2.04. The number of unbranched alkanes of at least 4 members (excludes halogenated alkanes) is 1. The fourth-order valence-corrected chi connectivity index (χ4v) is 0.945. The Morgan fingerprint density at radius 3 is 2.64 bits per heavy atom. The third kappa shape index (κ3) is 6.07. The van der Waals surface area contributed by atoms with Gasteiger partial charge in [0, 0.05) is 14.2 Å². The minimum Gasteiger partial charge on any atom is -0.382 e. The van der Waals surface area contributed by atoms with Crippen molar-refractivity contribution in [2.75, 3.05) is 20.8 Å². The molecule has 0 saturated heterocycles. The minimum absolute atomic E-state index is 0.250. The quantitative estimate of drug-likeness (QED) is 0.417. The zero-order valence-corrected chi connectivity index (χ0v) is 7.51. The molecule has 2 heteroatoms. The van der Waals surface area contributed by atoms with Crippen molar-refractivity contribution in [1.82, 2.24) is 0 Å². The summed E-state index contributed by atoms with van der Waals surface area (Å²) in [6.45, 7) is 4.35. The van der Waals surface area contributed by atoms with E-state index in [1.807, 2.05) is 6.08 Å². The summed E-state index contributed by atoms with van der Waals surface area (Å²) in [7, 11) is 3.41. The van der Waals surface area contributed by atoms with Gasteiger partial charge in [-0.05, 0) is 19.3 Å². The van der Waals surface area contributed by atoms with Crippen LogP contribution >= 0.6 is 0 Å². The Hall–Kier alpha value is -0.340. The second-order valence-corrected chi connectivity index (χ2v) is 2.53. The summed E-state index contributed by atoms with van der Waals surface area (Å²) in [6, 6.07) is 0. The van der Waals surface area contributed by atoms with Crippen LogP contribution in [0, 0.1) is 0 Å². The Morgan fingerprint density at radius 1 is 1.45 bits per heavy atom. The molecule has 0 aliphatic heterocycles. The van der Waals surface area contributed by atoms with E-state index in [2.05, 4.69) is 6.58 Å². The Kier molecular flexibility index (Phi) is 7.52. The average molecular weight is 158 g/mol. The van der Waals surface area contributed by atoms with E-state index in [0.29, 0.717) is 6.61 Å². The van der Waals surface area contributed by atoms with Crippen LogP contribution in [0.4, 0.5) is 0 Å². The molecule has 66 valence electrons. The summed E-state index contributed by atoms with van der Waals surface area (Å²) in [5.41, 5.74) is 0. The highest BCUT2D eigenvalue weighted by molar-refractivity contribution is 4.67. The smallest absolute Gasteiger partial charge is 0.0804 e. The Labute approximate surface area is 69.2 Å². The van der Waals surface area contributed by atoms with E-state index < -0.39 is 0 Å².